The molecule has 92 valence electrons. The SMILES string of the molecule is C#CCCCC(N)C1(OCC)CCOCC1. The van der Waals surface area contributed by atoms with E-state index in [1.165, 1.54) is 0 Å². The summed E-state index contributed by atoms with van der Waals surface area (Å²) in [5.74, 6) is 2.65. The Hall–Kier alpha value is -0.560. The fraction of sp³-hybridized carbons (Fsp3) is 0.846. The van der Waals surface area contributed by atoms with Gasteiger partial charge in [0, 0.05) is 45.1 Å². The van der Waals surface area contributed by atoms with Gasteiger partial charge in [0.05, 0.1) is 5.60 Å². The van der Waals surface area contributed by atoms with Crippen LogP contribution in [0.2, 0.25) is 0 Å². The Morgan fingerprint density at radius 2 is 2.19 bits per heavy atom. The molecule has 0 aromatic carbocycles. The van der Waals surface area contributed by atoms with Crippen LogP contribution in [0.4, 0.5) is 0 Å². The molecule has 1 aliphatic heterocycles. The van der Waals surface area contributed by atoms with Gasteiger partial charge in [0.1, 0.15) is 0 Å². The highest BCUT2D eigenvalue weighted by Gasteiger charge is 2.38. The van der Waals surface area contributed by atoms with E-state index in [1.54, 1.807) is 0 Å². The van der Waals surface area contributed by atoms with Gasteiger partial charge in [-0.3, -0.25) is 0 Å². The van der Waals surface area contributed by atoms with Crippen molar-refractivity contribution in [2.45, 2.75) is 50.7 Å². The molecule has 1 unspecified atom stereocenters. The number of hydrogen-bond acceptors (Lipinski definition) is 3. The standard InChI is InChI=1S/C13H23NO2/c1-3-5-6-7-12(14)13(16-4-2)8-10-15-11-9-13/h1,12H,4-11,14H2,2H3. The van der Waals surface area contributed by atoms with Crippen LogP contribution in [0, 0.1) is 12.3 Å². The number of nitrogens with two attached hydrogens (primary N) is 1. The van der Waals surface area contributed by atoms with Gasteiger partial charge in [0.2, 0.25) is 0 Å². The quantitative estimate of drug-likeness (QED) is 0.553. The molecule has 1 aliphatic rings. The van der Waals surface area contributed by atoms with Crippen LogP contribution in [-0.4, -0.2) is 31.5 Å². The number of terminal acetylenes is 1. The summed E-state index contributed by atoms with van der Waals surface area (Å²) in [5.41, 5.74) is 6.08. The minimum absolute atomic E-state index is 0.0738. The predicted octanol–water partition coefficient (Wildman–Crippen LogP) is 1.70. The molecule has 0 spiro atoms. The molecule has 16 heavy (non-hydrogen) atoms. The molecule has 1 atom stereocenters. The third-order valence-electron chi connectivity index (χ3n) is 3.28. The molecule has 3 nitrogen and oxygen atoms in total. The second kappa shape index (κ2) is 6.90. The number of rotatable bonds is 6. The molecule has 0 amide bonds. The van der Waals surface area contributed by atoms with Crippen LogP contribution in [0.1, 0.15) is 39.0 Å². The average Bonchev–Trinajstić information content (AvgIpc) is 2.31. The van der Waals surface area contributed by atoms with Crippen LogP contribution < -0.4 is 5.73 Å². The van der Waals surface area contributed by atoms with E-state index in [2.05, 4.69) is 5.92 Å². The van der Waals surface area contributed by atoms with E-state index in [9.17, 15) is 0 Å². The first-order valence-corrected chi connectivity index (χ1v) is 6.16. The van der Waals surface area contributed by atoms with Crippen molar-refractivity contribution in [3.05, 3.63) is 0 Å². The largest absolute Gasteiger partial charge is 0.381 e. The highest BCUT2D eigenvalue weighted by atomic mass is 16.5. The lowest BCUT2D eigenvalue weighted by Crippen LogP contribution is -2.53. The van der Waals surface area contributed by atoms with E-state index in [1.807, 2.05) is 6.92 Å². The van der Waals surface area contributed by atoms with Crippen molar-refractivity contribution < 1.29 is 9.47 Å². The van der Waals surface area contributed by atoms with Crippen LogP contribution in [-0.2, 0) is 9.47 Å². The summed E-state index contributed by atoms with van der Waals surface area (Å²) in [5, 5.41) is 0. The smallest absolute Gasteiger partial charge is 0.0876 e. The lowest BCUT2D eigenvalue weighted by atomic mass is 9.84. The molecular formula is C13H23NO2. The van der Waals surface area contributed by atoms with Gasteiger partial charge >= 0.3 is 0 Å². The fourth-order valence-electron chi connectivity index (χ4n) is 2.31. The normalized spacial score (nSPS) is 21.3. The first-order valence-electron chi connectivity index (χ1n) is 6.16. The Kier molecular flexibility index (Phi) is 5.83. The third kappa shape index (κ3) is 3.48. The van der Waals surface area contributed by atoms with Gasteiger partial charge in [-0.25, -0.2) is 0 Å². The van der Waals surface area contributed by atoms with Crippen molar-refractivity contribution in [3.63, 3.8) is 0 Å². The van der Waals surface area contributed by atoms with Crippen molar-refractivity contribution in [3.8, 4) is 12.3 Å². The monoisotopic (exact) mass is 225 g/mol. The van der Waals surface area contributed by atoms with Crippen molar-refractivity contribution in [1.29, 1.82) is 0 Å². The van der Waals surface area contributed by atoms with E-state index < -0.39 is 0 Å². The molecule has 1 fully saturated rings. The molecule has 0 radical (unpaired) electrons. The highest BCUT2D eigenvalue weighted by Crippen LogP contribution is 2.30. The topological polar surface area (TPSA) is 44.5 Å². The van der Waals surface area contributed by atoms with Crippen LogP contribution in [0.15, 0.2) is 0 Å². The number of unbranched alkanes of at least 4 members (excludes halogenated alkanes) is 1. The molecule has 2 N–H and O–H groups in total. The minimum Gasteiger partial charge on any atom is -0.381 e. The highest BCUT2D eigenvalue weighted by molar-refractivity contribution is 4.94. The Morgan fingerprint density at radius 1 is 1.50 bits per heavy atom. The molecule has 1 heterocycles. The summed E-state index contributed by atoms with van der Waals surface area (Å²) in [6.07, 6.45) is 9.76. The minimum atomic E-state index is -0.179. The van der Waals surface area contributed by atoms with E-state index in [4.69, 9.17) is 21.6 Å². The number of ether oxygens (including phenoxy) is 2. The molecule has 0 saturated carbocycles. The van der Waals surface area contributed by atoms with E-state index >= 15 is 0 Å². The van der Waals surface area contributed by atoms with E-state index in [0.29, 0.717) is 6.61 Å². The second-order valence-corrected chi connectivity index (χ2v) is 4.31. The molecule has 0 bridgehead atoms. The molecule has 0 aromatic rings. The Bertz CT molecular complexity index is 223. The van der Waals surface area contributed by atoms with Crippen LogP contribution in [0.5, 0.6) is 0 Å². The summed E-state index contributed by atoms with van der Waals surface area (Å²) in [6, 6.07) is 0.0738. The van der Waals surface area contributed by atoms with Crippen molar-refractivity contribution in [1.82, 2.24) is 0 Å². The van der Waals surface area contributed by atoms with Gasteiger partial charge < -0.3 is 15.2 Å². The first kappa shape index (κ1) is 13.5. The van der Waals surface area contributed by atoms with E-state index in [-0.39, 0.29) is 11.6 Å². The summed E-state index contributed by atoms with van der Waals surface area (Å²) >= 11 is 0. The van der Waals surface area contributed by atoms with E-state index in [0.717, 1.165) is 45.3 Å². The van der Waals surface area contributed by atoms with Gasteiger partial charge in [-0.05, 0) is 19.8 Å². The lowest BCUT2D eigenvalue weighted by molar-refractivity contribution is -0.121. The summed E-state index contributed by atoms with van der Waals surface area (Å²) in [6.45, 7) is 4.24. The van der Waals surface area contributed by atoms with Crippen LogP contribution >= 0.6 is 0 Å². The van der Waals surface area contributed by atoms with Crippen molar-refractivity contribution >= 4 is 0 Å². The first-order chi connectivity index (χ1) is 7.75. The predicted molar refractivity (Wildman–Crippen MR) is 65.1 cm³/mol. The Morgan fingerprint density at radius 3 is 2.75 bits per heavy atom. The molecule has 1 saturated heterocycles. The summed E-state index contributed by atoms with van der Waals surface area (Å²) in [4.78, 5) is 0. The van der Waals surface area contributed by atoms with Crippen molar-refractivity contribution in [2.75, 3.05) is 19.8 Å². The van der Waals surface area contributed by atoms with Gasteiger partial charge in [-0.15, -0.1) is 12.3 Å². The zero-order valence-electron chi connectivity index (χ0n) is 10.2. The zero-order chi connectivity index (χ0) is 11.9. The molecule has 3 heteroatoms. The second-order valence-electron chi connectivity index (χ2n) is 4.31. The molecule has 0 aliphatic carbocycles. The van der Waals surface area contributed by atoms with Gasteiger partial charge in [-0.1, -0.05) is 0 Å². The lowest BCUT2D eigenvalue weighted by Gasteiger charge is -2.41. The van der Waals surface area contributed by atoms with Gasteiger partial charge in [0.25, 0.3) is 0 Å². The fourth-order valence-corrected chi connectivity index (χ4v) is 2.31. The Labute approximate surface area is 98.7 Å². The van der Waals surface area contributed by atoms with Gasteiger partial charge in [0.15, 0.2) is 0 Å². The van der Waals surface area contributed by atoms with Gasteiger partial charge in [-0.2, -0.15) is 0 Å². The van der Waals surface area contributed by atoms with Crippen LogP contribution in [0.25, 0.3) is 0 Å². The zero-order valence-corrected chi connectivity index (χ0v) is 10.2. The molecular weight excluding hydrogens is 202 g/mol. The number of hydrogen-bond donors (Lipinski definition) is 1. The third-order valence-corrected chi connectivity index (χ3v) is 3.28. The maximum atomic E-state index is 6.26. The maximum absolute atomic E-state index is 6.26. The molecule has 1 rings (SSSR count). The summed E-state index contributed by atoms with van der Waals surface area (Å²) in [7, 11) is 0. The average molecular weight is 225 g/mol. The Balaban J connectivity index is 2.50. The molecule has 0 aromatic heterocycles. The summed E-state index contributed by atoms with van der Waals surface area (Å²) < 4.78 is 11.3. The maximum Gasteiger partial charge on any atom is 0.0876 e. The van der Waals surface area contributed by atoms with Crippen LogP contribution in [0.3, 0.4) is 0 Å². The van der Waals surface area contributed by atoms with Crippen molar-refractivity contribution in [2.24, 2.45) is 5.73 Å².